The maximum Gasteiger partial charge on any atom is 0.0577 e. The summed E-state index contributed by atoms with van der Waals surface area (Å²) in [6, 6.07) is 10.5. The van der Waals surface area contributed by atoms with Crippen molar-refractivity contribution in [3.05, 3.63) is 47.5 Å². The van der Waals surface area contributed by atoms with E-state index >= 15 is 0 Å². The molecule has 1 aliphatic carbocycles. The number of hydrogen-bond acceptors (Lipinski definition) is 1. The van der Waals surface area contributed by atoms with E-state index in [-0.39, 0.29) is 6.10 Å². The number of benzene rings is 1. The predicted molar refractivity (Wildman–Crippen MR) is 76.6 cm³/mol. The molecule has 98 valence electrons. The highest BCUT2D eigenvalue weighted by atomic mass is 16.3. The third kappa shape index (κ3) is 4.66. The van der Waals surface area contributed by atoms with Crippen molar-refractivity contribution in [2.75, 3.05) is 0 Å². The first-order valence-electron chi connectivity index (χ1n) is 7.24. The Labute approximate surface area is 111 Å². The summed E-state index contributed by atoms with van der Waals surface area (Å²) < 4.78 is 0. The fourth-order valence-electron chi connectivity index (χ4n) is 2.68. The van der Waals surface area contributed by atoms with Crippen LogP contribution in [0.4, 0.5) is 0 Å². The Bertz CT molecular complexity index is 366. The van der Waals surface area contributed by atoms with Crippen molar-refractivity contribution in [3.8, 4) is 0 Å². The van der Waals surface area contributed by atoms with Crippen LogP contribution >= 0.6 is 0 Å². The van der Waals surface area contributed by atoms with E-state index in [1.807, 2.05) is 6.07 Å². The highest BCUT2D eigenvalue weighted by Crippen LogP contribution is 2.22. The standard InChI is InChI=1S/C17H24O/c18-17(14-16-10-5-2-6-11-16)13-7-12-15-8-3-1-4-9-15/h1,3-4,8-10,17-18H,2,5-7,11-14H2. The van der Waals surface area contributed by atoms with Crippen molar-refractivity contribution >= 4 is 0 Å². The lowest BCUT2D eigenvalue weighted by atomic mass is 9.93. The van der Waals surface area contributed by atoms with E-state index in [4.69, 9.17) is 0 Å². The second-order valence-corrected chi connectivity index (χ2v) is 5.34. The van der Waals surface area contributed by atoms with Gasteiger partial charge in [0.15, 0.2) is 0 Å². The zero-order valence-corrected chi connectivity index (χ0v) is 11.1. The Morgan fingerprint density at radius 1 is 1.11 bits per heavy atom. The molecule has 0 heterocycles. The van der Waals surface area contributed by atoms with Gasteiger partial charge < -0.3 is 5.11 Å². The van der Waals surface area contributed by atoms with E-state index in [0.717, 1.165) is 25.7 Å². The molecule has 0 radical (unpaired) electrons. The van der Waals surface area contributed by atoms with Crippen LogP contribution in [0.1, 0.15) is 50.5 Å². The lowest BCUT2D eigenvalue weighted by molar-refractivity contribution is 0.160. The maximum absolute atomic E-state index is 10.0. The number of aliphatic hydroxyl groups is 1. The second kappa shape index (κ2) is 7.38. The van der Waals surface area contributed by atoms with Gasteiger partial charge in [-0.3, -0.25) is 0 Å². The van der Waals surface area contributed by atoms with E-state index in [1.165, 1.54) is 36.8 Å². The van der Waals surface area contributed by atoms with Crippen LogP contribution in [-0.2, 0) is 6.42 Å². The van der Waals surface area contributed by atoms with Gasteiger partial charge in [0.1, 0.15) is 0 Å². The normalized spacial score (nSPS) is 17.3. The van der Waals surface area contributed by atoms with Crippen LogP contribution in [0.5, 0.6) is 0 Å². The minimum Gasteiger partial charge on any atom is -0.393 e. The molecule has 1 aliphatic rings. The van der Waals surface area contributed by atoms with Gasteiger partial charge in [0.25, 0.3) is 0 Å². The average molecular weight is 244 g/mol. The molecule has 0 saturated carbocycles. The molecule has 1 heteroatoms. The predicted octanol–water partition coefficient (Wildman–Crippen LogP) is 4.26. The molecular formula is C17H24O. The highest BCUT2D eigenvalue weighted by Gasteiger charge is 2.10. The first-order chi connectivity index (χ1) is 8.84. The third-order valence-electron chi connectivity index (χ3n) is 3.73. The summed E-state index contributed by atoms with van der Waals surface area (Å²) in [6.07, 6.45) is 11.2. The van der Waals surface area contributed by atoms with Gasteiger partial charge in [-0.15, -0.1) is 0 Å². The van der Waals surface area contributed by atoms with Crippen LogP contribution in [0.15, 0.2) is 42.0 Å². The van der Waals surface area contributed by atoms with Crippen molar-refractivity contribution in [2.45, 2.75) is 57.5 Å². The topological polar surface area (TPSA) is 20.2 Å². The van der Waals surface area contributed by atoms with Crippen molar-refractivity contribution in [2.24, 2.45) is 0 Å². The van der Waals surface area contributed by atoms with Crippen LogP contribution < -0.4 is 0 Å². The molecule has 1 N–H and O–H groups in total. The largest absolute Gasteiger partial charge is 0.393 e. The number of aliphatic hydroxyl groups excluding tert-OH is 1. The van der Waals surface area contributed by atoms with Crippen LogP contribution in [0, 0.1) is 0 Å². The zero-order chi connectivity index (χ0) is 12.6. The molecule has 0 bridgehead atoms. The molecule has 0 amide bonds. The van der Waals surface area contributed by atoms with Crippen LogP contribution in [0.3, 0.4) is 0 Å². The van der Waals surface area contributed by atoms with Crippen molar-refractivity contribution < 1.29 is 5.11 Å². The fraction of sp³-hybridized carbons (Fsp3) is 0.529. The van der Waals surface area contributed by atoms with Gasteiger partial charge >= 0.3 is 0 Å². The van der Waals surface area contributed by atoms with E-state index in [1.54, 1.807) is 0 Å². The quantitative estimate of drug-likeness (QED) is 0.741. The lowest BCUT2D eigenvalue weighted by Crippen LogP contribution is -2.09. The monoisotopic (exact) mass is 244 g/mol. The average Bonchev–Trinajstić information content (AvgIpc) is 2.41. The number of rotatable bonds is 6. The lowest BCUT2D eigenvalue weighted by Gasteiger charge is -2.16. The number of hydrogen-bond donors (Lipinski definition) is 1. The molecule has 1 unspecified atom stereocenters. The van der Waals surface area contributed by atoms with E-state index in [9.17, 15) is 5.11 Å². The molecule has 2 rings (SSSR count). The Kier molecular flexibility index (Phi) is 5.47. The van der Waals surface area contributed by atoms with Gasteiger partial charge in [-0.1, -0.05) is 42.0 Å². The first kappa shape index (κ1) is 13.4. The van der Waals surface area contributed by atoms with Gasteiger partial charge in [-0.25, -0.2) is 0 Å². The Balaban J connectivity index is 1.65. The molecule has 0 aromatic heterocycles. The SMILES string of the molecule is OC(CCCc1ccccc1)CC1=CCCCC1. The van der Waals surface area contributed by atoms with Crippen LogP contribution in [0.2, 0.25) is 0 Å². The molecule has 0 fully saturated rings. The molecule has 1 aromatic rings. The van der Waals surface area contributed by atoms with Gasteiger partial charge in [0.05, 0.1) is 6.10 Å². The highest BCUT2D eigenvalue weighted by molar-refractivity contribution is 5.14. The van der Waals surface area contributed by atoms with Crippen molar-refractivity contribution in [1.82, 2.24) is 0 Å². The molecule has 1 atom stereocenters. The Morgan fingerprint density at radius 3 is 2.67 bits per heavy atom. The van der Waals surface area contributed by atoms with Crippen LogP contribution in [-0.4, -0.2) is 11.2 Å². The molecule has 0 spiro atoms. The molecule has 1 aromatic carbocycles. The summed E-state index contributed by atoms with van der Waals surface area (Å²) in [6.45, 7) is 0. The Morgan fingerprint density at radius 2 is 1.94 bits per heavy atom. The van der Waals surface area contributed by atoms with E-state index in [2.05, 4.69) is 30.3 Å². The molecule has 18 heavy (non-hydrogen) atoms. The van der Waals surface area contributed by atoms with Gasteiger partial charge in [0.2, 0.25) is 0 Å². The third-order valence-corrected chi connectivity index (χ3v) is 3.73. The van der Waals surface area contributed by atoms with Crippen molar-refractivity contribution in [1.29, 1.82) is 0 Å². The summed E-state index contributed by atoms with van der Waals surface area (Å²) in [5, 5.41) is 10.0. The molecule has 0 aliphatic heterocycles. The van der Waals surface area contributed by atoms with E-state index in [0.29, 0.717) is 0 Å². The second-order valence-electron chi connectivity index (χ2n) is 5.34. The number of aryl methyl sites for hydroxylation is 1. The summed E-state index contributed by atoms with van der Waals surface area (Å²) in [5.74, 6) is 0. The summed E-state index contributed by atoms with van der Waals surface area (Å²) >= 11 is 0. The maximum atomic E-state index is 10.0. The summed E-state index contributed by atoms with van der Waals surface area (Å²) in [4.78, 5) is 0. The fourth-order valence-corrected chi connectivity index (χ4v) is 2.68. The molecular weight excluding hydrogens is 220 g/mol. The minimum atomic E-state index is -0.141. The van der Waals surface area contributed by atoms with Gasteiger partial charge in [-0.05, 0) is 56.9 Å². The minimum absolute atomic E-state index is 0.141. The summed E-state index contributed by atoms with van der Waals surface area (Å²) in [5.41, 5.74) is 2.86. The van der Waals surface area contributed by atoms with Crippen molar-refractivity contribution in [3.63, 3.8) is 0 Å². The van der Waals surface area contributed by atoms with Gasteiger partial charge in [-0.2, -0.15) is 0 Å². The van der Waals surface area contributed by atoms with Gasteiger partial charge in [0, 0.05) is 0 Å². The first-order valence-corrected chi connectivity index (χ1v) is 7.24. The molecule has 0 saturated heterocycles. The Hall–Kier alpha value is -1.08. The van der Waals surface area contributed by atoms with E-state index < -0.39 is 0 Å². The number of allylic oxidation sites excluding steroid dienone is 1. The molecule has 1 nitrogen and oxygen atoms in total. The van der Waals surface area contributed by atoms with Crippen LogP contribution in [0.25, 0.3) is 0 Å². The zero-order valence-electron chi connectivity index (χ0n) is 11.1. The summed E-state index contributed by atoms with van der Waals surface area (Å²) in [7, 11) is 0. The smallest absolute Gasteiger partial charge is 0.0577 e.